The van der Waals surface area contributed by atoms with Gasteiger partial charge in [0.25, 0.3) is 0 Å². The molecule has 4 heteroatoms. The standard InChI is InChI=1S/C22H33FO3/c1-3-4-5-6-15-25-21-13-12-19(17-20(21)23)22(18-10-9-11-18)26-16-8-7-14-24-2/h12-13,17H,3-11,14-16H2,1-2H3. The van der Waals surface area contributed by atoms with Crippen molar-refractivity contribution in [3.8, 4) is 5.75 Å². The van der Waals surface area contributed by atoms with E-state index in [0.717, 1.165) is 56.5 Å². The lowest BCUT2D eigenvalue weighted by Gasteiger charge is -2.23. The van der Waals surface area contributed by atoms with Crippen LogP contribution < -0.4 is 4.74 Å². The van der Waals surface area contributed by atoms with Gasteiger partial charge in [-0.1, -0.05) is 26.2 Å². The van der Waals surface area contributed by atoms with E-state index in [2.05, 4.69) is 6.92 Å². The number of allylic oxidation sites excluding steroid dienone is 1. The molecule has 0 spiro atoms. The second-order valence-electron chi connectivity index (χ2n) is 6.89. The molecule has 1 aliphatic rings. The van der Waals surface area contributed by atoms with Gasteiger partial charge in [0.15, 0.2) is 11.6 Å². The molecule has 146 valence electrons. The van der Waals surface area contributed by atoms with E-state index in [4.69, 9.17) is 14.2 Å². The van der Waals surface area contributed by atoms with E-state index < -0.39 is 0 Å². The molecule has 0 amide bonds. The Kier molecular flexibility index (Phi) is 9.54. The van der Waals surface area contributed by atoms with Crippen molar-refractivity contribution in [3.63, 3.8) is 0 Å². The van der Waals surface area contributed by atoms with E-state index >= 15 is 0 Å². The normalized spacial score (nSPS) is 13.4. The summed E-state index contributed by atoms with van der Waals surface area (Å²) in [7, 11) is 1.71. The number of ether oxygens (including phenoxy) is 3. The molecule has 1 fully saturated rings. The van der Waals surface area contributed by atoms with Crippen LogP contribution in [0.3, 0.4) is 0 Å². The molecule has 1 aromatic carbocycles. The van der Waals surface area contributed by atoms with Crippen LogP contribution in [0.4, 0.5) is 4.39 Å². The van der Waals surface area contributed by atoms with Crippen molar-refractivity contribution in [3.05, 3.63) is 35.2 Å². The summed E-state index contributed by atoms with van der Waals surface area (Å²) in [6.45, 7) is 4.13. The lowest BCUT2D eigenvalue weighted by atomic mass is 9.89. The van der Waals surface area contributed by atoms with Crippen LogP contribution >= 0.6 is 0 Å². The molecule has 3 nitrogen and oxygen atoms in total. The minimum atomic E-state index is -0.307. The first-order valence-corrected chi connectivity index (χ1v) is 10.0. The minimum Gasteiger partial charge on any atom is -0.493 e. The second-order valence-corrected chi connectivity index (χ2v) is 6.89. The highest BCUT2D eigenvalue weighted by Crippen LogP contribution is 2.35. The molecule has 1 aromatic rings. The summed E-state index contributed by atoms with van der Waals surface area (Å²) in [6, 6.07) is 5.20. The Labute approximate surface area is 157 Å². The zero-order chi connectivity index (χ0) is 18.6. The fourth-order valence-electron chi connectivity index (χ4n) is 2.96. The van der Waals surface area contributed by atoms with Gasteiger partial charge in [-0.25, -0.2) is 4.39 Å². The van der Waals surface area contributed by atoms with Gasteiger partial charge in [-0.3, -0.25) is 0 Å². The topological polar surface area (TPSA) is 27.7 Å². The summed E-state index contributed by atoms with van der Waals surface area (Å²) < 4.78 is 31.1. The van der Waals surface area contributed by atoms with E-state index in [-0.39, 0.29) is 5.82 Å². The Morgan fingerprint density at radius 1 is 1.00 bits per heavy atom. The SMILES string of the molecule is CCCCCCOc1ccc(C(OCCCCOC)=C2CCC2)cc1F. The largest absolute Gasteiger partial charge is 0.493 e. The number of hydrogen-bond acceptors (Lipinski definition) is 3. The van der Waals surface area contributed by atoms with Gasteiger partial charge in [-0.2, -0.15) is 0 Å². The summed E-state index contributed by atoms with van der Waals surface area (Å²) in [5.41, 5.74) is 2.12. The highest BCUT2D eigenvalue weighted by Gasteiger charge is 2.19. The molecule has 2 rings (SSSR count). The number of halogens is 1. The Balaban J connectivity index is 1.92. The van der Waals surface area contributed by atoms with Gasteiger partial charge in [0.1, 0.15) is 5.76 Å². The van der Waals surface area contributed by atoms with Crippen molar-refractivity contribution in [1.82, 2.24) is 0 Å². The van der Waals surface area contributed by atoms with E-state index in [1.807, 2.05) is 6.07 Å². The van der Waals surface area contributed by atoms with Gasteiger partial charge in [0, 0.05) is 19.3 Å². The lowest BCUT2D eigenvalue weighted by molar-refractivity contribution is 0.179. The maximum Gasteiger partial charge on any atom is 0.165 e. The zero-order valence-corrected chi connectivity index (χ0v) is 16.3. The summed E-state index contributed by atoms with van der Waals surface area (Å²) >= 11 is 0. The molecular weight excluding hydrogens is 331 g/mol. The molecule has 0 saturated heterocycles. The fraction of sp³-hybridized carbons (Fsp3) is 0.636. The van der Waals surface area contributed by atoms with Gasteiger partial charge in [-0.05, 0) is 62.3 Å². The quantitative estimate of drug-likeness (QED) is 0.311. The molecule has 0 atom stereocenters. The average Bonchev–Trinajstić information content (AvgIpc) is 2.60. The number of unbranched alkanes of at least 4 members (excludes halogenated alkanes) is 4. The number of rotatable bonds is 13. The first kappa shape index (κ1) is 20.8. The summed E-state index contributed by atoms with van der Waals surface area (Å²) in [6.07, 6.45) is 9.67. The molecule has 1 saturated carbocycles. The Hall–Kier alpha value is -1.55. The Morgan fingerprint density at radius 3 is 2.42 bits per heavy atom. The molecular formula is C22H33FO3. The zero-order valence-electron chi connectivity index (χ0n) is 16.3. The molecule has 0 aliphatic heterocycles. The van der Waals surface area contributed by atoms with Crippen molar-refractivity contribution >= 4 is 5.76 Å². The highest BCUT2D eigenvalue weighted by molar-refractivity contribution is 5.65. The van der Waals surface area contributed by atoms with Gasteiger partial charge >= 0.3 is 0 Å². The van der Waals surface area contributed by atoms with E-state index in [9.17, 15) is 4.39 Å². The Morgan fingerprint density at radius 2 is 1.77 bits per heavy atom. The van der Waals surface area contributed by atoms with Crippen molar-refractivity contribution < 1.29 is 18.6 Å². The summed E-state index contributed by atoms with van der Waals surface area (Å²) in [5.74, 6) is 0.892. The smallest absolute Gasteiger partial charge is 0.165 e. The first-order valence-electron chi connectivity index (χ1n) is 10.0. The second kappa shape index (κ2) is 11.9. The van der Waals surface area contributed by atoms with E-state index in [1.54, 1.807) is 19.2 Å². The maximum absolute atomic E-state index is 14.4. The fourth-order valence-corrected chi connectivity index (χ4v) is 2.96. The van der Waals surface area contributed by atoms with Crippen LogP contribution in [-0.4, -0.2) is 26.9 Å². The van der Waals surface area contributed by atoms with Crippen molar-refractivity contribution in [1.29, 1.82) is 0 Å². The van der Waals surface area contributed by atoms with Gasteiger partial charge in [0.2, 0.25) is 0 Å². The minimum absolute atomic E-state index is 0.307. The predicted octanol–water partition coefficient (Wildman–Crippen LogP) is 6.12. The third-order valence-electron chi connectivity index (χ3n) is 4.72. The molecule has 0 radical (unpaired) electrons. The molecule has 0 heterocycles. The van der Waals surface area contributed by atoms with Crippen LogP contribution in [-0.2, 0) is 9.47 Å². The molecule has 0 unspecified atom stereocenters. The lowest BCUT2D eigenvalue weighted by Crippen LogP contribution is -2.07. The van der Waals surface area contributed by atoms with E-state index in [1.165, 1.54) is 24.8 Å². The van der Waals surface area contributed by atoms with Crippen LogP contribution in [0.25, 0.3) is 5.76 Å². The molecule has 0 N–H and O–H groups in total. The monoisotopic (exact) mass is 364 g/mol. The predicted molar refractivity (Wildman–Crippen MR) is 104 cm³/mol. The Bertz CT molecular complexity index is 563. The van der Waals surface area contributed by atoms with E-state index in [0.29, 0.717) is 19.0 Å². The third-order valence-corrected chi connectivity index (χ3v) is 4.72. The number of methoxy groups -OCH3 is 1. The van der Waals surface area contributed by atoms with Gasteiger partial charge < -0.3 is 14.2 Å². The summed E-state index contributed by atoms with van der Waals surface area (Å²) in [4.78, 5) is 0. The van der Waals surface area contributed by atoms with Crippen LogP contribution in [0.15, 0.2) is 23.8 Å². The first-order chi connectivity index (χ1) is 12.8. The van der Waals surface area contributed by atoms with Crippen LogP contribution in [0.1, 0.15) is 70.3 Å². The van der Waals surface area contributed by atoms with Crippen molar-refractivity contribution in [2.75, 3.05) is 26.9 Å². The van der Waals surface area contributed by atoms with Gasteiger partial charge in [0.05, 0.1) is 13.2 Å². The van der Waals surface area contributed by atoms with Crippen LogP contribution in [0.5, 0.6) is 5.75 Å². The molecule has 26 heavy (non-hydrogen) atoms. The van der Waals surface area contributed by atoms with Crippen LogP contribution in [0.2, 0.25) is 0 Å². The number of benzene rings is 1. The third kappa shape index (κ3) is 6.64. The maximum atomic E-state index is 14.4. The van der Waals surface area contributed by atoms with Crippen LogP contribution in [0, 0.1) is 5.82 Å². The molecule has 0 aromatic heterocycles. The molecule has 1 aliphatic carbocycles. The average molecular weight is 365 g/mol. The van der Waals surface area contributed by atoms with Crippen molar-refractivity contribution in [2.45, 2.75) is 64.7 Å². The van der Waals surface area contributed by atoms with Crippen molar-refractivity contribution in [2.24, 2.45) is 0 Å². The highest BCUT2D eigenvalue weighted by atomic mass is 19.1. The number of hydrogen-bond donors (Lipinski definition) is 0. The molecule has 0 bridgehead atoms. The van der Waals surface area contributed by atoms with Gasteiger partial charge in [-0.15, -0.1) is 0 Å². The summed E-state index contributed by atoms with van der Waals surface area (Å²) in [5, 5.41) is 0.